The van der Waals surface area contributed by atoms with E-state index < -0.39 is 24.3 Å². The number of carbonyl (C=O) groups is 2. The molecule has 3 unspecified atom stereocenters. The Morgan fingerprint density at radius 3 is 1.41 bits per heavy atom. The number of carboxylic acid groups (broad SMARTS) is 1. The molecule has 0 fully saturated rings. The Morgan fingerprint density at radius 2 is 1.10 bits per heavy atom. The van der Waals surface area contributed by atoms with Crippen molar-refractivity contribution >= 4 is 11.8 Å². The van der Waals surface area contributed by atoms with Crippen molar-refractivity contribution in [3.8, 4) is 0 Å². The van der Waals surface area contributed by atoms with Crippen LogP contribution in [0.25, 0.3) is 0 Å². The molecular formula is C22H46O7. The third kappa shape index (κ3) is 31.9. The molecule has 0 amide bonds. The molecule has 0 spiro atoms. The first-order valence-corrected chi connectivity index (χ1v) is 11.0. The van der Waals surface area contributed by atoms with Crippen molar-refractivity contribution in [2.75, 3.05) is 6.61 Å². The van der Waals surface area contributed by atoms with Gasteiger partial charge in [-0.1, -0.05) is 65.2 Å². The van der Waals surface area contributed by atoms with Crippen molar-refractivity contribution in [1.29, 1.82) is 0 Å². The molecule has 0 aliphatic rings. The molecule has 0 radical (unpaired) electrons. The van der Waals surface area contributed by atoms with Crippen LogP contribution in [0.15, 0.2) is 0 Å². The van der Waals surface area contributed by atoms with Crippen molar-refractivity contribution in [3.05, 3.63) is 0 Å². The van der Waals surface area contributed by atoms with E-state index in [-0.39, 0.29) is 12.4 Å². The van der Waals surface area contributed by atoms with Crippen molar-refractivity contribution in [2.45, 2.75) is 123 Å². The summed E-state index contributed by atoms with van der Waals surface area (Å²) in [5.41, 5.74) is 0. The summed E-state index contributed by atoms with van der Waals surface area (Å²) in [6, 6.07) is 0. The first-order chi connectivity index (χ1) is 13.6. The predicted molar refractivity (Wildman–Crippen MR) is 116 cm³/mol. The van der Waals surface area contributed by atoms with Gasteiger partial charge in [-0.2, -0.15) is 0 Å². The summed E-state index contributed by atoms with van der Waals surface area (Å²) in [4.78, 5) is 21.2. The highest BCUT2D eigenvalue weighted by molar-refractivity contribution is 5.83. The molecule has 0 rings (SSSR count). The molecule has 29 heavy (non-hydrogen) atoms. The van der Waals surface area contributed by atoms with Gasteiger partial charge in [-0.25, -0.2) is 0 Å². The lowest BCUT2D eigenvalue weighted by atomic mass is 10.0. The summed E-state index contributed by atoms with van der Waals surface area (Å²) in [6.45, 7) is 7.11. The van der Waals surface area contributed by atoms with Crippen LogP contribution in [0, 0.1) is 0 Å². The summed E-state index contributed by atoms with van der Waals surface area (Å²) in [7, 11) is 0. The van der Waals surface area contributed by atoms with Gasteiger partial charge in [-0.05, 0) is 26.7 Å². The summed E-state index contributed by atoms with van der Waals surface area (Å²) >= 11 is 0. The zero-order chi connectivity index (χ0) is 23.1. The lowest BCUT2D eigenvalue weighted by Crippen LogP contribution is -2.31. The van der Waals surface area contributed by atoms with Gasteiger partial charge >= 0.3 is 5.97 Å². The highest BCUT2D eigenvalue weighted by Gasteiger charge is 2.19. The second-order valence-electron chi connectivity index (χ2n) is 7.41. The average molecular weight is 423 g/mol. The van der Waals surface area contributed by atoms with Gasteiger partial charge in [0.05, 0.1) is 18.8 Å². The highest BCUT2D eigenvalue weighted by atomic mass is 16.4. The van der Waals surface area contributed by atoms with Gasteiger partial charge in [0.25, 0.3) is 0 Å². The van der Waals surface area contributed by atoms with Gasteiger partial charge in [0, 0.05) is 12.8 Å². The topological polar surface area (TPSA) is 135 Å². The quantitative estimate of drug-likeness (QED) is 0.255. The number of carbonyl (C=O) groups excluding carboxylic acids is 1. The fourth-order valence-corrected chi connectivity index (χ4v) is 2.20. The predicted octanol–water partition coefficient (Wildman–Crippen LogP) is 3.45. The molecule has 0 aromatic rings. The standard InChI is InChI=1S/C11H22O3.C8H16O2.C3H8O2/c1-3-4-5-6-7-8-10(13)11(14)9(2)12;1-2-3-4-5-6-7-8(9)10;1-3(5)2-4/h9,11-12,14H,3-8H2,1-2H3;2-7H2,1H3,(H,9,10);3-5H,2H2,1H3. The zero-order valence-corrected chi connectivity index (χ0v) is 19.0. The van der Waals surface area contributed by atoms with Gasteiger partial charge in [-0.3, -0.25) is 9.59 Å². The number of aliphatic carboxylic acids is 1. The maximum Gasteiger partial charge on any atom is 0.303 e. The van der Waals surface area contributed by atoms with Crippen LogP contribution in [0.1, 0.15) is 105 Å². The van der Waals surface area contributed by atoms with Gasteiger partial charge in [0.2, 0.25) is 0 Å². The minimum absolute atomic E-state index is 0.139. The van der Waals surface area contributed by atoms with Crippen molar-refractivity contribution in [2.24, 2.45) is 0 Å². The molecule has 0 saturated carbocycles. The van der Waals surface area contributed by atoms with Gasteiger partial charge < -0.3 is 25.5 Å². The number of hydrogen-bond donors (Lipinski definition) is 5. The Morgan fingerprint density at radius 1 is 0.724 bits per heavy atom. The van der Waals surface area contributed by atoms with Crippen LogP contribution in [0.5, 0.6) is 0 Å². The monoisotopic (exact) mass is 422 g/mol. The molecular weight excluding hydrogens is 376 g/mol. The van der Waals surface area contributed by atoms with E-state index in [1.165, 1.54) is 46.0 Å². The summed E-state index contributed by atoms with van der Waals surface area (Å²) < 4.78 is 0. The lowest BCUT2D eigenvalue weighted by molar-refractivity contribution is -0.137. The summed E-state index contributed by atoms with van der Waals surface area (Å²) in [5.74, 6) is -0.909. The fraction of sp³-hybridized carbons (Fsp3) is 0.909. The maximum absolute atomic E-state index is 11.2. The minimum atomic E-state index is -1.19. The summed E-state index contributed by atoms with van der Waals surface area (Å²) in [6.07, 6.45) is 8.96. The normalized spacial score (nSPS) is 13.2. The van der Waals surface area contributed by atoms with E-state index in [2.05, 4.69) is 13.8 Å². The van der Waals surface area contributed by atoms with Gasteiger partial charge in [0.15, 0.2) is 5.78 Å². The molecule has 0 heterocycles. The molecule has 0 aliphatic carbocycles. The Hall–Kier alpha value is -1.02. The van der Waals surface area contributed by atoms with E-state index in [1.54, 1.807) is 0 Å². The van der Waals surface area contributed by atoms with Crippen LogP contribution in [0.2, 0.25) is 0 Å². The first-order valence-electron chi connectivity index (χ1n) is 11.0. The second-order valence-corrected chi connectivity index (χ2v) is 7.41. The van der Waals surface area contributed by atoms with Crippen LogP contribution in [-0.2, 0) is 9.59 Å². The fourth-order valence-electron chi connectivity index (χ4n) is 2.20. The number of ketones is 1. The van der Waals surface area contributed by atoms with E-state index in [9.17, 15) is 14.7 Å². The van der Waals surface area contributed by atoms with E-state index >= 15 is 0 Å². The molecule has 3 atom stereocenters. The zero-order valence-electron chi connectivity index (χ0n) is 19.0. The van der Waals surface area contributed by atoms with Crippen molar-refractivity contribution in [3.63, 3.8) is 0 Å². The molecule has 0 aromatic carbocycles. The molecule has 0 aromatic heterocycles. The number of unbranched alkanes of at least 4 members (excludes halogenated alkanes) is 8. The van der Waals surface area contributed by atoms with E-state index in [1.807, 2.05) is 0 Å². The third-order valence-electron chi connectivity index (χ3n) is 4.07. The third-order valence-corrected chi connectivity index (χ3v) is 4.07. The van der Waals surface area contributed by atoms with Gasteiger partial charge in [-0.15, -0.1) is 0 Å². The SMILES string of the molecule is CC(O)CO.CCCCCCCC(=O)C(O)C(C)O.CCCCCCCC(=O)O. The highest BCUT2D eigenvalue weighted by Crippen LogP contribution is 2.07. The molecule has 0 bridgehead atoms. The largest absolute Gasteiger partial charge is 0.481 e. The van der Waals surface area contributed by atoms with Crippen molar-refractivity contribution < 1.29 is 35.1 Å². The maximum atomic E-state index is 11.2. The van der Waals surface area contributed by atoms with Gasteiger partial charge in [0.1, 0.15) is 6.10 Å². The Kier molecular flexibility index (Phi) is 28.2. The number of Topliss-reactive ketones (excluding diaryl/α,β-unsaturated/α-hetero) is 1. The van der Waals surface area contributed by atoms with E-state index in [0.29, 0.717) is 12.8 Å². The molecule has 176 valence electrons. The molecule has 5 N–H and O–H groups in total. The number of hydrogen-bond acceptors (Lipinski definition) is 6. The van der Waals surface area contributed by atoms with E-state index in [0.717, 1.165) is 32.1 Å². The minimum Gasteiger partial charge on any atom is -0.481 e. The van der Waals surface area contributed by atoms with Crippen LogP contribution in [0.4, 0.5) is 0 Å². The van der Waals surface area contributed by atoms with Crippen LogP contribution in [-0.4, -0.2) is 62.2 Å². The number of rotatable bonds is 15. The Balaban J connectivity index is -0.000000392. The first kappa shape index (κ1) is 32.6. The average Bonchev–Trinajstić information content (AvgIpc) is 2.67. The molecule has 7 nitrogen and oxygen atoms in total. The van der Waals surface area contributed by atoms with Crippen LogP contribution < -0.4 is 0 Å². The molecule has 0 saturated heterocycles. The molecule has 7 heteroatoms. The Labute approximate surface area is 177 Å². The number of carboxylic acids is 1. The summed E-state index contributed by atoms with van der Waals surface area (Å²) in [5, 5.41) is 42.4. The second kappa shape index (κ2) is 25.0. The lowest BCUT2D eigenvalue weighted by Gasteiger charge is -2.11. The number of aliphatic hydroxyl groups is 4. The number of aliphatic hydroxyl groups excluding tert-OH is 4. The van der Waals surface area contributed by atoms with E-state index in [4.69, 9.17) is 20.4 Å². The Bertz CT molecular complexity index is 357. The van der Waals surface area contributed by atoms with Crippen LogP contribution >= 0.6 is 0 Å². The van der Waals surface area contributed by atoms with Crippen LogP contribution in [0.3, 0.4) is 0 Å². The van der Waals surface area contributed by atoms with Crippen molar-refractivity contribution in [1.82, 2.24) is 0 Å². The smallest absolute Gasteiger partial charge is 0.303 e. The molecule has 0 aliphatic heterocycles.